The monoisotopic (exact) mass is 460 g/mol. The summed E-state index contributed by atoms with van der Waals surface area (Å²) >= 11 is 1.35. The molecule has 0 fully saturated rings. The molecule has 0 aliphatic rings. The van der Waals surface area contributed by atoms with Crippen molar-refractivity contribution in [3.63, 3.8) is 0 Å². The topological polar surface area (TPSA) is 77.6 Å². The van der Waals surface area contributed by atoms with E-state index in [0.717, 1.165) is 17.7 Å². The zero-order chi connectivity index (χ0) is 22.7. The Morgan fingerprint density at radius 1 is 1.22 bits per heavy atom. The molecule has 11 heteroatoms. The summed E-state index contributed by atoms with van der Waals surface area (Å²) in [5.74, 6) is -0.303. The average Bonchev–Trinajstić information content (AvgIpc) is 3.51. The molecule has 0 radical (unpaired) electrons. The van der Waals surface area contributed by atoms with Crippen molar-refractivity contribution in [3.8, 4) is 16.4 Å². The molecule has 0 saturated carbocycles. The Morgan fingerprint density at radius 2 is 2.06 bits per heavy atom. The van der Waals surface area contributed by atoms with Crippen molar-refractivity contribution >= 4 is 17.2 Å². The number of thiophene rings is 1. The van der Waals surface area contributed by atoms with Crippen molar-refractivity contribution in [2.24, 2.45) is 0 Å². The molecule has 1 N–H and O–H groups in total. The number of halogens is 3. The van der Waals surface area contributed by atoms with Gasteiger partial charge in [-0.25, -0.2) is 9.67 Å². The van der Waals surface area contributed by atoms with Crippen LogP contribution in [-0.4, -0.2) is 37.0 Å². The van der Waals surface area contributed by atoms with Gasteiger partial charge in [-0.05, 0) is 48.6 Å². The maximum atomic E-state index is 13.2. The van der Waals surface area contributed by atoms with Crippen LogP contribution < -0.4 is 5.32 Å². The number of alkyl halides is 3. The highest BCUT2D eigenvalue weighted by atomic mass is 32.1. The molecule has 4 rings (SSSR count). The van der Waals surface area contributed by atoms with E-state index in [1.54, 1.807) is 23.0 Å². The van der Waals surface area contributed by atoms with Gasteiger partial charge in [0.25, 0.3) is 5.91 Å². The van der Waals surface area contributed by atoms with E-state index in [4.69, 9.17) is 0 Å². The van der Waals surface area contributed by atoms with Gasteiger partial charge in [0.15, 0.2) is 5.82 Å². The van der Waals surface area contributed by atoms with Crippen LogP contribution in [0.25, 0.3) is 16.4 Å². The molecule has 1 aromatic carbocycles. The molecule has 0 spiro atoms. The van der Waals surface area contributed by atoms with Gasteiger partial charge in [0.1, 0.15) is 0 Å². The van der Waals surface area contributed by atoms with Crippen molar-refractivity contribution in [1.82, 2.24) is 29.9 Å². The van der Waals surface area contributed by atoms with Gasteiger partial charge in [-0.2, -0.15) is 18.3 Å². The molecule has 0 unspecified atom stereocenters. The average molecular weight is 460 g/mol. The Morgan fingerprint density at radius 3 is 2.75 bits per heavy atom. The minimum absolute atomic E-state index is 0.110. The van der Waals surface area contributed by atoms with Gasteiger partial charge in [-0.15, -0.1) is 16.4 Å². The van der Waals surface area contributed by atoms with Crippen LogP contribution in [0.1, 0.15) is 28.2 Å². The molecule has 3 aromatic heterocycles. The molecule has 166 valence electrons. The van der Waals surface area contributed by atoms with E-state index in [9.17, 15) is 18.0 Å². The first-order valence-corrected chi connectivity index (χ1v) is 10.6. The maximum Gasteiger partial charge on any atom is 0.416 e. The lowest BCUT2D eigenvalue weighted by atomic mass is 10.2. The lowest BCUT2D eigenvalue weighted by Crippen LogP contribution is -2.26. The summed E-state index contributed by atoms with van der Waals surface area (Å²) in [6.45, 7) is 2.97. The predicted octanol–water partition coefficient (Wildman–Crippen LogP) is 4.34. The zero-order valence-electron chi connectivity index (χ0n) is 17.0. The number of nitrogens with zero attached hydrogens (tertiary/aromatic N) is 5. The van der Waals surface area contributed by atoms with Gasteiger partial charge in [-0.3, -0.25) is 9.48 Å². The van der Waals surface area contributed by atoms with Gasteiger partial charge in [-0.1, -0.05) is 12.1 Å². The molecule has 32 heavy (non-hydrogen) atoms. The second kappa shape index (κ2) is 8.95. The van der Waals surface area contributed by atoms with Crippen LogP contribution in [0.5, 0.6) is 0 Å². The summed E-state index contributed by atoms with van der Waals surface area (Å²) < 4.78 is 42.6. The molecule has 0 atom stereocenters. The Balaban J connectivity index is 1.54. The van der Waals surface area contributed by atoms with Gasteiger partial charge in [0, 0.05) is 19.3 Å². The normalized spacial score (nSPS) is 11.6. The SMILES string of the molecule is Cc1cnn(CCCNC(=O)c2nc(-c3cccs3)n(-c3cccc(C(F)(F)F)c3)n2)c1. The lowest BCUT2D eigenvalue weighted by molar-refractivity contribution is -0.137. The zero-order valence-corrected chi connectivity index (χ0v) is 17.8. The minimum Gasteiger partial charge on any atom is -0.349 e. The van der Waals surface area contributed by atoms with E-state index in [1.165, 1.54) is 28.2 Å². The second-order valence-electron chi connectivity index (χ2n) is 7.09. The second-order valence-corrected chi connectivity index (χ2v) is 8.03. The number of aryl methyl sites for hydroxylation is 2. The van der Waals surface area contributed by atoms with Crippen LogP contribution in [0.2, 0.25) is 0 Å². The molecule has 3 heterocycles. The van der Waals surface area contributed by atoms with Crippen molar-refractivity contribution < 1.29 is 18.0 Å². The summed E-state index contributed by atoms with van der Waals surface area (Å²) in [6, 6.07) is 8.33. The highest BCUT2D eigenvalue weighted by Gasteiger charge is 2.31. The number of rotatable bonds is 7. The van der Waals surface area contributed by atoms with Gasteiger partial charge < -0.3 is 5.32 Å². The Kier molecular flexibility index (Phi) is 6.08. The number of aromatic nitrogens is 5. The van der Waals surface area contributed by atoms with Crippen LogP contribution >= 0.6 is 11.3 Å². The summed E-state index contributed by atoms with van der Waals surface area (Å²) in [5, 5.41) is 13.0. The third-order valence-corrected chi connectivity index (χ3v) is 5.45. The Labute approximate surface area is 185 Å². The van der Waals surface area contributed by atoms with E-state index in [-0.39, 0.29) is 11.5 Å². The van der Waals surface area contributed by atoms with Gasteiger partial charge in [0.2, 0.25) is 5.82 Å². The van der Waals surface area contributed by atoms with E-state index in [1.807, 2.05) is 18.5 Å². The van der Waals surface area contributed by atoms with E-state index >= 15 is 0 Å². The molecular formula is C21H19F3N6OS. The molecule has 0 aliphatic carbocycles. The number of nitrogens with one attached hydrogen (secondary N) is 1. The predicted molar refractivity (Wildman–Crippen MR) is 114 cm³/mol. The van der Waals surface area contributed by atoms with Crippen molar-refractivity contribution in [1.29, 1.82) is 0 Å². The summed E-state index contributed by atoms with van der Waals surface area (Å²) in [4.78, 5) is 17.6. The summed E-state index contributed by atoms with van der Waals surface area (Å²) in [6.07, 6.45) is -0.172. The van der Waals surface area contributed by atoms with Crippen LogP contribution in [0.4, 0.5) is 13.2 Å². The number of amides is 1. The molecule has 1 amide bonds. The van der Waals surface area contributed by atoms with E-state index in [0.29, 0.717) is 30.2 Å². The van der Waals surface area contributed by atoms with Crippen molar-refractivity contribution in [2.75, 3.05) is 6.54 Å². The highest BCUT2D eigenvalue weighted by molar-refractivity contribution is 7.13. The van der Waals surface area contributed by atoms with E-state index < -0.39 is 17.6 Å². The molecule has 0 bridgehead atoms. The standard InChI is InChI=1S/C21H19F3N6OS/c1-14-12-26-29(13-14)9-4-8-25-20(31)18-27-19(17-7-3-10-32-17)30(28-18)16-6-2-5-15(11-16)21(22,23)24/h2-3,5-7,10-13H,4,8-9H2,1H3,(H,25,31). The molecular weight excluding hydrogens is 441 g/mol. The molecule has 0 saturated heterocycles. The summed E-state index contributed by atoms with van der Waals surface area (Å²) in [7, 11) is 0. The highest BCUT2D eigenvalue weighted by Crippen LogP contribution is 2.32. The fraction of sp³-hybridized carbons (Fsp3) is 0.238. The van der Waals surface area contributed by atoms with Crippen molar-refractivity contribution in [3.05, 3.63) is 71.1 Å². The summed E-state index contributed by atoms with van der Waals surface area (Å²) in [5.41, 5.74) is 0.422. The van der Waals surface area contributed by atoms with Crippen LogP contribution in [0, 0.1) is 6.92 Å². The number of carbonyl (C=O) groups excluding carboxylic acids is 1. The largest absolute Gasteiger partial charge is 0.416 e. The van der Waals surface area contributed by atoms with Gasteiger partial charge in [0.05, 0.1) is 22.3 Å². The first kappa shape index (κ1) is 21.8. The molecule has 4 aromatic rings. The number of hydrogen-bond acceptors (Lipinski definition) is 5. The molecule has 7 nitrogen and oxygen atoms in total. The Hall–Kier alpha value is -3.47. The first-order chi connectivity index (χ1) is 15.3. The third kappa shape index (κ3) is 4.88. The fourth-order valence-electron chi connectivity index (χ4n) is 3.08. The Bertz CT molecular complexity index is 1210. The van der Waals surface area contributed by atoms with Crippen LogP contribution in [0.3, 0.4) is 0 Å². The smallest absolute Gasteiger partial charge is 0.349 e. The third-order valence-electron chi connectivity index (χ3n) is 4.58. The minimum atomic E-state index is -4.49. The van der Waals surface area contributed by atoms with E-state index in [2.05, 4.69) is 20.5 Å². The number of hydrogen-bond donors (Lipinski definition) is 1. The fourth-order valence-corrected chi connectivity index (χ4v) is 3.78. The number of benzene rings is 1. The van der Waals surface area contributed by atoms with Crippen LogP contribution in [-0.2, 0) is 12.7 Å². The maximum absolute atomic E-state index is 13.2. The van der Waals surface area contributed by atoms with Gasteiger partial charge >= 0.3 is 6.18 Å². The first-order valence-electron chi connectivity index (χ1n) is 9.77. The number of carbonyl (C=O) groups is 1. The quantitative estimate of drug-likeness (QED) is 0.416. The lowest BCUT2D eigenvalue weighted by Gasteiger charge is -2.09. The van der Waals surface area contributed by atoms with Crippen LogP contribution in [0.15, 0.2) is 54.2 Å². The van der Waals surface area contributed by atoms with Crippen molar-refractivity contribution in [2.45, 2.75) is 26.1 Å². The molecule has 0 aliphatic heterocycles.